The Hall–Kier alpha value is -1.29. The van der Waals surface area contributed by atoms with Gasteiger partial charge in [-0.15, -0.1) is 0 Å². The molecule has 0 heterocycles. The van der Waals surface area contributed by atoms with Crippen molar-refractivity contribution in [2.24, 2.45) is 0 Å². The standard InChI is InChI=1S/C18H26NO2.ClH/c1-14(2)19(3,4)12-16(20)13-21-18-11-7-9-15-8-5-6-10-17(15)18;/h5-11,14,16,20H,12-13H2,1-4H3;1H/q+1;/p-1. The van der Waals surface area contributed by atoms with Gasteiger partial charge in [-0.1, -0.05) is 36.4 Å². The zero-order valence-corrected chi connectivity index (χ0v) is 14.5. The van der Waals surface area contributed by atoms with Crippen LogP contribution in [0.15, 0.2) is 42.5 Å². The predicted octanol–water partition coefficient (Wildman–Crippen LogP) is 0.0683. The molecule has 0 aliphatic rings. The Morgan fingerprint density at radius 3 is 2.36 bits per heavy atom. The van der Waals surface area contributed by atoms with Crippen molar-refractivity contribution in [3.63, 3.8) is 0 Å². The smallest absolute Gasteiger partial charge is 0.137 e. The van der Waals surface area contributed by atoms with Gasteiger partial charge >= 0.3 is 0 Å². The molecule has 0 saturated heterocycles. The maximum Gasteiger partial charge on any atom is 0.137 e. The van der Waals surface area contributed by atoms with Crippen molar-refractivity contribution in [3.8, 4) is 5.75 Å². The molecule has 0 radical (unpaired) electrons. The number of benzene rings is 2. The van der Waals surface area contributed by atoms with E-state index in [0.717, 1.165) is 21.0 Å². The van der Waals surface area contributed by atoms with E-state index < -0.39 is 6.10 Å². The second kappa shape index (κ2) is 7.82. The summed E-state index contributed by atoms with van der Waals surface area (Å²) in [6.45, 7) is 5.33. The van der Waals surface area contributed by atoms with Gasteiger partial charge in [0, 0.05) is 5.39 Å². The second-order valence-corrected chi connectivity index (χ2v) is 6.50. The quantitative estimate of drug-likeness (QED) is 0.762. The molecule has 2 rings (SSSR count). The summed E-state index contributed by atoms with van der Waals surface area (Å²) in [7, 11) is 4.26. The summed E-state index contributed by atoms with van der Waals surface area (Å²) in [6, 6.07) is 14.6. The Bertz CT molecular complexity index is 593. The fraction of sp³-hybridized carbons (Fsp3) is 0.444. The number of ether oxygens (including phenoxy) is 1. The van der Waals surface area contributed by atoms with Crippen LogP contribution in [-0.2, 0) is 0 Å². The largest absolute Gasteiger partial charge is 1.00 e. The van der Waals surface area contributed by atoms with Gasteiger partial charge in [-0.25, -0.2) is 0 Å². The first-order chi connectivity index (χ1) is 9.90. The highest BCUT2D eigenvalue weighted by Gasteiger charge is 2.24. The van der Waals surface area contributed by atoms with E-state index in [1.54, 1.807) is 0 Å². The first-order valence-corrected chi connectivity index (χ1v) is 7.51. The number of quaternary nitrogens is 1. The number of fused-ring (bicyclic) bond motifs is 1. The summed E-state index contributed by atoms with van der Waals surface area (Å²) < 4.78 is 6.62. The summed E-state index contributed by atoms with van der Waals surface area (Å²) in [5.74, 6) is 0.835. The Balaban J connectivity index is 0.00000242. The number of hydrogen-bond donors (Lipinski definition) is 1. The second-order valence-electron chi connectivity index (χ2n) is 6.50. The molecule has 22 heavy (non-hydrogen) atoms. The first-order valence-electron chi connectivity index (χ1n) is 7.51. The van der Waals surface area contributed by atoms with Crippen LogP contribution in [0.25, 0.3) is 10.8 Å². The molecular formula is C18H26ClNO2. The normalized spacial score (nSPS) is 13.0. The zero-order chi connectivity index (χ0) is 15.5. The van der Waals surface area contributed by atoms with E-state index in [2.05, 4.69) is 40.1 Å². The van der Waals surface area contributed by atoms with Crippen LogP contribution in [0.5, 0.6) is 5.75 Å². The van der Waals surface area contributed by atoms with E-state index in [4.69, 9.17) is 4.74 Å². The van der Waals surface area contributed by atoms with Crippen LogP contribution in [0.3, 0.4) is 0 Å². The third kappa shape index (κ3) is 4.60. The van der Waals surface area contributed by atoms with Crippen LogP contribution in [0.2, 0.25) is 0 Å². The van der Waals surface area contributed by atoms with E-state index in [0.29, 0.717) is 19.2 Å². The molecule has 0 aliphatic heterocycles. The fourth-order valence-corrected chi connectivity index (χ4v) is 2.31. The highest BCUT2D eigenvalue weighted by atomic mass is 35.5. The lowest BCUT2D eigenvalue weighted by atomic mass is 10.1. The van der Waals surface area contributed by atoms with Gasteiger partial charge in [-0.3, -0.25) is 0 Å². The van der Waals surface area contributed by atoms with Gasteiger partial charge in [0.15, 0.2) is 0 Å². The molecule has 0 amide bonds. The van der Waals surface area contributed by atoms with E-state index in [-0.39, 0.29) is 12.4 Å². The Morgan fingerprint density at radius 2 is 1.68 bits per heavy atom. The summed E-state index contributed by atoms with van der Waals surface area (Å²) in [5, 5.41) is 12.5. The van der Waals surface area contributed by atoms with Gasteiger partial charge in [0.05, 0.1) is 20.1 Å². The highest BCUT2D eigenvalue weighted by Crippen LogP contribution is 2.25. The van der Waals surface area contributed by atoms with E-state index >= 15 is 0 Å². The number of hydrogen-bond acceptors (Lipinski definition) is 2. The third-order valence-corrected chi connectivity index (χ3v) is 4.26. The van der Waals surface area contributed by atoms with Crippen molar-refractivity contribution in [2.45, 2.75) is 26.0 Å². The topological polar surface area (TPSA) is 29.5 Å². The highest BCUT2D eigenvalue weighted by molar-refractivity contribution is 5.88. The van der Waals surface area contributed by atoms with Crippen molar-refractivity contribution in [1.82, 2.24) is 0 Å². The van der Waals surface area contributed by atoms with Crippen LogP contribution in [0.1, 0.15) is 13.8 Å². The molecule has 0 saturated carbocycles. The average Bonchev–Trinajstić information content (AvgIpc) is 2.44. The predicted molar refractivity (Wildman–Crippen MR) is 87.6 cm³/mol. The van der Waals surface area contributed by atoms with Crippen molar-refractivity contribution in [3.05, 3.63) is 42.5 Å². The molecule has 1 unspecified atom stereocenters. The van der Waals surface area contributed by atoms with Gasteiger partial charge in [0.2, 0.25) is 0 Å². The molecule has 4 heteroatoms. The van der Waals surface area contributed by atoms with E-state index in [1.165, 1.54) is 0 Å². The Kier molecular flexibility index (Phi) is 6.66. The Morgan fingerprint density at radius 1 is 1.05 bits per heavy atom. The monoisotopic (exact) mass is 323 g/mol. The summed E-state index contributed by atoms with van der Waals surface area (Å²) in [6.07, 6.45) is -0.471. The van der Waals surface area contributed by atoms with Crippen LogP contribution in [-0.4, -0.2) is 49.0 Å². The molecule has 0 bridgehead atoms. The number of nitrogens with zero attached hydrogens (tertiary/aromatic N) is 1. The summed E-state index contributed by atoms with van der Waals surface area (Å²) in [5.41, 5.74) is 0. The molecule has 0 spiro atoms. The molecule has 1 atom stereocenters. The Labute approximate surface area is 139 Å². The van der Waals surface area contributed by atoms with Gasteiger partial charge in [0.25, 0.3) is 0 Å². The van der Waals surface area contributed by atoms with Crippen molar-refractivity contribution >= 4 is 10.8 Å². The average molecular weight is 324 g/mol. The fourth-order valence-electron chi connectivity index (χ4n) is 2.31. The lowest BCUT2D eigenvalue weighted by Gasteiger charge is -2.35. The van der Waals surface area contributed by atoms with E-state index in [9.17, 15) is 5.11 Å². The maximum absolute atomic E-state index is 10.2. The lowest BCUT2D eigenvalue weighted by Crippen LogP contribution is -3.00. The van der Waals surface area contributed by atoms with Gasteiger partial charge in [0.1, 0.15) is 25.0 Å². The van der Waals surface area contributed by atoms with Gasteiger partial charge < -0.3 is 26.7 Å². The number of aliphatic hydroxyl groups is 1. The number of aliphatic hydroxyl groups excluding tert-OH is 1. The molecule has 1 N–H and O–H groups in total. The molecular weight excluding hydrogens is 298 g/mol. The number of likely N-dealkylation sites (N-methyl/N-ethyl adjacent to an activating group) is 1. The molecule has 3 nitrogen and oxygen atoms in total. The minimum Gasteiger partial charge on any atom is -1.00 e. The van der Waals surface area contributed by atoms with Crippen LogP contribution in [0.4, 0.5) is 0 Å². The van der Waals surface area contributed by atoms with Crippen LogP contribution < -0.4 is 17.1 Å². The van der Waals surface area contributed by atoms with Crippen molar-refractivity contribution in [1.29, 1.82) is 0 Å². The van der Waals surface area contributed by atoms with Gasteiger partial charge in [-0.2, -0.15) is 0 Å². The van der Waals surface area contributed by atoms with Gasteiger partial charge in [-0.05, 0) is 25.3 Å². The summed E-state index contributed by atoms with van der Waals surface area (Å²) in [4.78, 5) is 0. The van der Waals surface area contributed by atoms with Crippen LogP contribution in [0, 0.1) is 0 Å². The molecule has 0 aromatic heterocycles. The summed E-state index contributed by atoms with van der Waals surface area (Å²) >= 11 is 0. The van der Waals surface area contributed by atoms with Crippen molar-refractivity contribution < 1.29 is 26.7 Å². The number of rotatable bonds is 6. The zero-order valence-electron chi connectivity index (χ0n) is 13.8. The molecule has 0 fully saturated rings. The molecule has 2 aromatic carbocycles. The lowest BCUT2D eigenvalue weighted by molar-refractivity contribution is -0.914. The number of halogens is 1. The third-order valence-electron chi connectivity index (χ3n) is 4.26. The van der Waals surface area contributed by atoms with Crippen LogP contribution >= 0.6 is 0 Å². The minimum atomic E-state index is -0.471. The van der Waals surface area contributed by atoms with Crippen molar-refractivity contribution in [2.75, 3.05) is 27.2 Å². The minimum absolute atomic E-state index is 0. The molecule has 0 aliphatic carbocycles. The van der Waals surface area contributed by atoms with E-state index in [1.807, 2.05) is 30.3 Å². The first kappa shape index (κ1) is 18.8. The maximum atomic E-state index is 10.2. The molecule has 2 aromatic rings. The molecule has 122 valence electrons. The SMILES string of the molecule is CC(C)[N+](C)(C)CC(O)COc1cccc2ccccc12.[Cl-].